The first-order chi connectivity index (χ1) is 9.84. The Morgan fingerprint density at radius 3 is 2.45 bits per heavy atom. The summed E-state index contributed by atoms with van der Waals surface area (Å²) in [6.45, 7) is 3.98. The van der Waals surface area contributed by atoms with Crippen molar-refractivity contribution in [2.45, 2.75) is 6.42 Å². The Kier molecular flexibility index (Phi) is 3.88. The van der Waals surface area contributed by atoms with Gasteiger partial charge in [0.1, 0.15) is 5.75 Å². The molecule has 104 valence electrons. The maximum Gasteiger partial charge on any atom is 0.121 e. The molecule has 3 heteroatoms. The Labute approximate surface area is 119 Å². The van der Waals surface area contributed by atoms with Crippen molar-refractivity contribution in [3.63, 3.8) is 0 Å². The van der Waals surface area contributed by atoms with Gasteiger partial charge in [-0.1, -0.05) is 36.4 Å². The van der Waals surface area contributed by atoms with E-state index in [1.807, 2.05) is 24.3 Å². The number of rotatable bonds is 3. The molecule has 20 heavy (non-hydrogen) atoms. The standard InChI is InChI=1S/C17H20N2O/c20-17-8-4-7-16(19-11-9-18-10-12-19)15(17)13-14-5-2-1-3-6-14/h1-8,18,20H,9-13H2. The van der Waals surface area contributed by atoms with Crippen molar-refractivity contribution in [1.82, 2.24) is 5.32 Å². The number of hydrogen-bond donors (Lipinski definition) is 2. The van der Waals surface area contributed by atoms with Crippen molar-refractivity contribution in [1.29, 1.82) is 0 Å². The van der Waals surface area contributed by atoms with E-state index >= 15 is 0 Å². The highest BCUT2D eigenvalue weighted by Gasteiger charge is 2.16. The summed E-state index contributed by atoms with van der Waals surface area (Å²) in [4.78, 5) is 2.36. The van der Waals surface area contributed by atoms with Gasteiger partial charge in [-0.3, -0.25) is 0 Å². The van der Waals surface area contributed by atoms with Gasteiger partial charge in [0.2, 0.25) is 0 Å². The molecule has 0 saturated carbocycles. The molecular formula is C17H20N2O. The van der Waals surface area contributed by atoms with Crippen LogP contribution >= 0.6 is 0 Å². The number of piperazine rings is 1. The number of nitrogens with one attached hydrogen (secondary N) is 1. The second kappa shape index (κ2) is 5.97. The van der Waals surface area contributed by atoms with Gasteiger partial charge in [0, 0.05) is 43.9 Å². The van der Waals surface area contributed by atoms with Crippen LogP contribution in [0.15, 0.2) is 48.5 Å². The molecule has 0 aromatic heterocycles. The normalized spacial score (nSPS) is 15.3. The average molecular weight is 268 g/mol. The van der Waals surface area contributed by atoms with Crippen LogP contribution in [0.5, 0.6) is 5.75 Å². The van der Waals surface area contributed by atoms with E-state index < -0.39 is 0 Å². The Hall–Kier alpha value is -2.00. The Bertz CT molecular complexity index is 562. The first-order valence-corrected chi connectivity index (χ1v) is 7.15. The van der Waals surface area contributed by atoms with Crippen LogP contribution in [0.3, 0.4) is 0 Å². The van der Waals surface area contributed by atoms with Gasteiger partial charge in [-0.05, 0) is 17.7 Å². The van der Waals surface area contributed by atoms with Crippen LogP contribution in [0.2, 0.25) is 0 Å². The van der Waals surface area contributed by atoms with E-state index in [1.54, 1.807) is 6.07 Å². The van der Waals surface area contributed by atoms with E-state index in [0.29, 0.717) is 5.75 Å². The molecular weight excluding hydrogens is 248 g/mol. The highest BCUT2D eigenvalue weighted by atomic mass is 16.3. The highest BCUT2D eigenvalue weighted by Crippen LogP contribution is 2.31. The molecule has 3 nitrogen and oxygen atoms in total. The largest absolute Gasteiger partial charge is 0.508 e. The van der Waals surface area contributed by atoms with Gasteiger partial charge >= 0.3 is 0 Å². The topological polar surface area (TPSA) is 35.5 Å². The molecule has 0 atom stereocenters. The summed E-state index contributed by atoms with van der Waals surface area (Å²) >= 11 is 0. The van der Waals surface area contributed by atoms with E-state index in [-0.39, 0.29) is 0 Å². The van der Waals surface area contributed by atoms with Crippen LogP contribution in [0.1, 0.15) is 11.1 Å². The second-order valence-corrected chi connectivity index (χ2v) is 5.17. The van der Waals surface area contributed by atoms with Crippen molar-refractivity contribution >= 4 is 5.69 Å². The number of hydrogen-bond acceptors (Lipinski definition) is 3. The van der Waals surface area contributed by atoms with Gasteiger partial charge in [0.25, 0.3) is 0 Å². The van der Waals surface area contributed by atoms with Gasteiger partial charge in [-0.2, -0.15) is 0 Å². The van der Waals surface area contributed by atoms with Crippen LogP contribution in [0.25, 0.3) is 0 Å². The number of phenolic OH excluding ortho intramolecular Hbond substituents is 1. The number of anilines is 1. The molecule has 1 heterocycles. The minimum absolute atomic E-state index is 0.393. The van der Waals surface area contributed by atoms with E-state index in [2.05, 4.69) is 28.4 Å². The fraction of sp³-hybridized carbons (Fsp3) is 0.294. The molecule has 0 amide bonds. The average Bonchev–Trinajstić information content (AvgIpc) is 2.51. The zero-order chi connectivity index (χ0) is 13.8. The maximum absolute atomic E-state index is 10.2. The Morgan fingerprint density at radius 2 is 1.70 bits per heavy atom. The van der Waals surface area contributed by atoms with Crippen LogP contribution in [-0.4, -0.2) is 31.3 Å². The molecule has 1 saturated heterocycles. The highest BCUT2D eigenvalue weighted by molar-refractivity contribution is 5.60. The molecule has 0 aliphatic carbocycles. The maximum atomic E-state index is 10.2. The summed E-state index contributed by atoms with van der Waals surface area (Å²) in [5, 5.41) is 13.6. The second-order valence-electron chi connectivity index (χ2n) is 5.17. The van der Waals surface area contributed by atoms with Crippen LogP contribution in [-0.2, 0) is 6.42 Å². The van der Waals surface area contributed by atoms with Gasteiger partial charge in [-0.15, -0.1) is 0 Å². The summed E-state index contributed by atoms with van der Waals surface area (Å²) in [5.41, 5.74) is 3.42. The lowest BCUT2D eigenvalue weighted by molar-refractivity contribution is 0.468. The van der Waals surface area contributed by atoms with Crippen molar-refractivity contribution in [2.24, 2.45) is 0 Å². The minimum Gasteiger partial charge on any atom is -0.508 e. The van der Waals surface area contributed by atoms with Gasteiger partial charge in [0.15, 0.2) is 0 Å². The molecule has 0 spiro atoms. The molecule has 1 fully saturated rings. The predicted molar refractivity (Wildman–Crippen MR) is 82.4 cm³/mol. The quantitative estimate of drug-likeness (QED) is 0.897. The lowest BCUT2D eigenvalue weighted by Crippen LogP contribution is -2.43. The molecule has 0 bridgehead atoms. The predicted octanol–water partition coefficient (Wildman–Crippen LogP) is 2.39. The Balaban J connectivity index is 1.92. The fourth-order valence-corrected chi connectivity index (χ4v) is 2.75. The Morgan fingerprint density at radius 1 is 0.950 bits per heavy atom. The molecule has 2 aromatic carbocycles. The van der Waals surface area contributed by atoms with Crippen LogP contribution < -0.4 is 10.2 Å². The van der Waals surface area contributed by atoms with E-state index in [0.717, 1.165) is 43.9 Å². The smallest absolute Gasteiger partial charge is 0.121 e. The zero-order valence-electron chi connectivity index (χ0n) is 11.5. The first-order valence-electron chi connectivity index (χ1n) is 7.15. The van der Waals surface area contributed by atoms with Crippen molar-refractivity contribution in [3.8, 4) is 5.75 Å². The van der Waals surface area contributed by atoms with E-state index in [4.69, 9.17) is 0 Å². The van der Waals surface area contributed by atoms with Gasteiger partial charge < -0.3 is 15.3 Å². The third-order valence-corrected chi connectivity index (χ3v) is 3.81. The molecule has 2 aromatic rings. The molecule has 2 N–H and O–H groups in total. The number of phenols is 1. The zero-order valence-corrected chi connectivity index (χ0v) is 11.5. The van der Waals surface area contributed by atoms with E-state index in [9.17, 15) is 5.11 Å². The van der Waals surface area contributed by atoms with Gasteiger partial charge in [-0.25, -0.2) is 0 Å². The third kappa shape index (κ3) is 2.78. The lowest BCUT2D eigenvalue weighted by atomic mass is 10.0. The van der Waals surface area contributed by atoms with Crippen molar-refractivity contribution < 1.29 is 5.11 Å². The molecule has 1 aliphatic rings. The number of nitrogens with zero attached hydrogens (tertiary/aromatic N) is 1. The lowest BCUT2D eigenvalue weighted by Gasteiger charge is -2.31. The molecule has 0 unspecified atom stereocenters. The fourth-order valence-electron chi connectivity index (χ4n) is 2.75. The molecule has 1 aliphatic heterocycles. The van der Waals surface area contributed by atoms with Crippen molar-refractivity contribution in [3.05, 3.63) is 59.7 Å². The van der Waals surface area contributed by atoms with Crippen LogP contribution in [0, 0.1) is 0 Å². The summed E-state index contributed by atoms with van der Waals surface area (Å²) in [6.07, 6.45) is 0.771. The first kappa shape index (κ1) is 13.0. The van der Waals surface area contributed by atoms with Crippen molar-refractivity contribution in [2.75, 3.05) is 31.1 Å². The van der Waals surface area contributed by atoms with Gasteiger partial charge in [0.05, 0.1) is 0 Å². The molecule has 3 rings (SSSR count). The summed E-state index contributed by atoms with van der Waals surface area (Å²) in [5.74, 6) is 0.393. The van der Waals surface area contributed by atoms with E-state index in [1.165, 1.54) is 5.56 Å². The third-order valence-electron chi connectivity index (χ3n) is 3.81. The molecule has 0 radical (unpaired) electrons. The summed E-state index contributed by atoms with van der Waals surface area (Å²) in [6, 6.07) is 16.1. The number of aromatic hydroxyl groups is 1. The SMILES string of the molecule is Oc1cccc(N2CCNCC2)c1Cc1ccccc1. The summed E-state index contributed by atoms with van der Waals surface area (Å²) in [7, 11) is 0. The number of benzene rings is 2. The minimum atomic E-state index is 0.393. The summed E-state index contributed by atoms with van der Waals surface area (Å²) < 4.78 is 0. The monoisotopic (exact) mass is 268 g/mol. The van der Waals surface area contributed by atoms with Crippen LogP contribution in [0.4, 0.5) is 5.69 Å².